The molecular formula is C20H30F3NO3. The lowest BCUT2D eigenvalue weighted by Crippen LogP contribution is -2.43. The quantitative estimate of drug-likeness (QED) is 0.671. The topological polar surface area (TPSA) is 38.8 Å². The zero-order valence-corrected chi connectivity index (χ0v) is 16.7. The minimum atomic E-state index is -4.33. The molecule has 7 heteroatoms. The number of hydrogen-bond donors (Lipinski definition) is 0. The second-order valence-electron chi connectivity index (χ2n) is 7.17. The summed E-state index contributed by atoms with van der Waals surface area (Å²) in [5.41, 5.74) is -0.489. The Morgan fingerprint density at radius 1 is 1.07 bits per heavy atom. The SMILES string of the molecule is CC.CC(C)(C)OC(=O)N1CCC(OCc2ccc(C(F)(F)F)cc2)CC1. The van der Waals surface area contributed by atoms with Crippen molar-refractivity contribution in [1.29, 1.82) is 0 Å². The molecule has 0 N–H and O–H groups in total. The Kier molecular flexibility index (Phi) is 8.59. The van der Waals surface area contributed by atoms with Crippen molar-refractivity contribution in [2.24, 2.45) is 0 Å². The van der Waals surface area contributed by atoms with Crippen LogP contribution in [0.3, 0.4) is 0 Å². The van der Waals surface area contributed by atoms with Crippen molar-refractivity contribution in [3.63, 3.8) is 0 Å². The summed E-state index contributed by atoms with van der Waals surface area (Å²) in [5.74, 6) is 0. The summed E-state index contributed by atoms with van der Waals surface area (Å²) < 4.78 is 48.7. The summed E-state index contributed by atoms with van der Waals surface area (Å²) in [5, 5.41) is 0. The van der Waals surface area contributed by atoms with Gasteiger partial charge in [-0.15, -0.1) is 0 Å². The van der Waals surface area contributed by atoms with Crippen LogP contribution in [-0.2, 0) is 22.3 Å². The Balaban J connectivity index is 0.00000176. The highest BCUT2D eigenvalue weighted by Crippen LogP contribution is 2.29. The molecule has 1 amide bonds. The van der Waals surface area contributed by atoms with Gasteiger partial charge in [0.1, 0.15) is 5.60 Å². The Labute approximate surface area is 159 Å². The highest BCUT2D eigenvalue weighted by molar-refractivity contribution is 5.68. The molecule has 1 aliphatic rings. The molecule has 0 bridgehead atoms. The van der Waals surface area contributed by atoms with Gasteiger partial charge < -0.3 is 14.4 Å². The maximum atomic E-state index is 12.5. The third-order valence-corrected chi connectivity index (χ3v) is 3.86. The molecule has 0 aromatic heterocycles. The number of piperidine rings is 1. The normalized spacial score (nSPS) is 15.8. The Bertz CT molecular complexity index is 572. The van der Waals surface area contributed by atoms with Crippen molar-refractivity contribution in [3.8, 4) is 0 Å². The lowest BCUT2D eigenvalue weighted by Gasteiger charge is -2.33. The molecule has 4 nitrogen and oxygen atoms in total. The molecule has 1 heterocycles. The fourth-order valence-corrected chi connectivity index (χ4v) is 2.54. The number of ether oxygens (including phenoxy) is 2. The number of halogens is 3. The van der Waals surface area contributed by atoms with Gasteiger partial charge >= 0.3 is 12.3 Å². The lowest BCUT2D eigenvalue weighted by atomic mass is 10.1. The second-order valence-corrected chi connectivity index (χ2v) is 7.17. The van der Waals surface area contributed by atoms with Crippen LogP contribution in [0.4, 0.5) is 18.0 Å². The average Bonchev–Trinajstić information content (AvgIpc) is 2.60. The fraction of sp³-hybridized carbons (Fsp3) is 0.650. The first-order valence-corrected chi connectivity index (χ1v) is 9.30. The zero-order chi connectivity index (χ0) is 20.7. The molecular weight excluding hydrogens is 359 g/mol. The summed E-state index contributed by atoms with van der Waals surface area (Å²) >= 11 is 0. The first-order chi connectivity index (χ1) is 12.5. The van der Waals surface area contributed by atoms with Crippen molar-refractivity contribution in [1.82, 2.24) is 4.90 Å². The van der Waals surface area contributed by atoms with Gasteiger partial charge in [-0.1, -0.05) is 26.0 Å². The van der Waals surface area contributed by atoms with E-state index in [0.717, 1.165) is 12.1 Å². The predicted molar refractivity (Wildman–Crippen MR) is 98.4 cm³/mol. The van der Waals surface area contributed by atoms with E-state index in [1.54, 1.807) is 4.90 Å². The molecule has 2 rings (SSSR count). The third-order valence-electron chi connectivity index (χ3n) is 3.86. The van der Waals surface area contributed by atoms with E-state index < -0.39 is 17.3 Å². The molecule has 1 saturated heterocycles. The standard InChI is InChI=1S/C18H24F3NO3.C2H6/c1-17(2,3)25-16(23)22-10-8-15(9-11-22)24-12-13-4-6-14(7-5-13)18(19,20)21;1-2/h4-7,15H,8-12H2,1-3H3;1-2H3. The van der Waals surface area contributed by atoms with E-state index in [1.165, 1.54) is 12.1 Å². The van der Waals surface area contributed by atoms with Gasteiger partial charge in [0, 0.05) is 13.1 Å². The molecule has 0 spiro atoms. The number of carbonyl (C=O) groups excluding carboxylic acids is 1. The summed E-state index contributed by atoms with van der Waals surface area (Å²) in [6.45, 7) is 10.8. The van der Waals surface area contributed by atoms with Gasteiger partial charge in [0.25, 0.3) is 0 Å². The van der Waals surface area contributed by atoms with Crippen LogP contribution in [-0.4, -0.2) is 35.8 Å². The maximum Gasteiger partial charge on any atom is 0.416 e. The largest absolute Gasteiger partial charge is 0.444 e. The molecule has 154 valence electrons. The highest BCUT2D eigenvalue weighted by Gasteiger charge is 2.30. The van der Waals surface area contributed by atoms with Gasteiger partial charge in [-0.25, -0.2) is 4.79 Å². The summed E-state index contributed by atoms with van der Waals surface area (Å²) in [6.07, 6.45) is -3.30. The van der Waals surface area contributed by atoms with E-state index in [9.17, 15) is 18.0 Å². The van der Waals surface area contributed by atoms with Gasteiger partial charge in [0.05, 0.1) is 18.3 Å². The van der Waals surface area contributed by atoms with E-state index in [1.807, 2.05) is 34.6 Å². The molecule has 0 saturated carbocycles. The first kappa shape index (κ1) is 23.3. The minimum Gasteiger partial charge on any atom is -0.444 e. The van der Waals surface area contributed by atoms with Gasteiger partial charge in [-0.3, -0.25) is 0 Å². The van der Waals surface area contributed by atoms with Crippen LogP contribution >= 0.6 is 0 Å². The number of nitrogens with zero attached hydrogens (tertiary/aromatic N) is 1. The molecule has 0 aliphatic carbocycles. The van der Waals surface area contributed by atoms with E-state index in [-0.39, 0.29) is 18.8 Å². The molecule has 27 heavy (non-hydrogen) atoms. The monoisotopic (exact) mass is 389 g/mol. The molecule has 0 atom stereocenters. The average molecular weight is 389 g/mol. The highest BCUT2D eigenvalue weighted by atomic mass is 19.4. The van der Waals surface area contributed by atoms with E-state index in [2.05, 4.69) is 0 Å². The molecule has 0 unspecified atom stereocenters. The van der Waals surface area contributed by atoms with Crippen LogP contribution in [0, 0.1) is 0 Å². The van der Waals surface area contributed by atoms with Crippen LogP contribution in [0.15, 0.2) is 24.3 Å². The molecule has 1 fully saturated rings. The molecule has 1 aromatic carbocycles. The molecule has 1 aromatic rings. The summed E-state index contributed by atoms with van der Waals surface area (Å²) in [7, 11) is 0. The van der Waals surface area contributed by atoms with Gasteiger partial charge in [0.2, 0.25) is 0 Å². The van der Waals surface area contributed by atoms with Crippen LogP contribution < -0.4 is 0 Å². The number of alkyl halides is 3. The number of rotatable bonds is 3. The van der Waals surface area contributed by atoms with Crippen LogP contribution in [0.5, 0.6) is 0 Å². The first-order valence-electron chi connectivity index (χ1n) is 9.30. The number of benzene rings is 1. The van der Waals surface area contributed by atoms with Crippen molar-refractivity contribution in [3.05, 3.63) is 35.4 Å². The lowest BCUT2D eigenvalue weighted by molar-refractivity contribution is -0.137. The Morgan fingerprint density at radius 3 is 2.04 bits per heavy atom. The third kappa shape index (κ3) is 8.20. The van der Waals surface area contributed by atoms with Gasteiger partial charge in [-0.2, -0.15) is 13.2 Å². The van der Waals surface area contributed by atoms with E-state index in [4.69, 9.17) is 9.47 Å². The van der Waals surface area contributed by atoms with E-state index >= 15 is 0 Å². The van der Waals surface area contributed by atoms with E-state index in [0.29, 0.717) is 31.5 Å². The predicted octanol–water partition coefficient (Wildman–Crippen LogP) is 5.65. The van der Waals surface area contributed by atoms with Crippen molar-refractivity contribution in [2.45, 2.75) is 71.9 Å². The number of carbonyl (C=O) groups is 1. The van der Waals surface area contributed by atoms with Crippen LogP contribution in [0.2, 0.25) is 0 Å². The second kappa shape index (κ2) is 9.97. The fourth-order valence-electron chi connectivity index (χ4n) is 2.54. The minimum absolute atomic E-state index is 0.0130. The van der Waals surface area contributed by atoms with Crippen LogP contribution in [0.1, 0.15) is 58.6 Å². The number of amides is 1. The number of hydrogen-bond acceptors (Lipinski definition) is 3. The van der Waals surface area contributed by atoms with Crippen molar-refractivity contribution in [2.75, 3.05) is 13.1 Å². The summed E-state index contributed by atoms with van der Waals surface area (Å²) in [4.78, 5) is 13.6. The molecule has 0 radical (unpaired) electrons. The number of likely N-dealkylation sites (tertiary alicyclic amines) is 1. The zero-order valence-electron chi connectivity index (χ0n) is 16.7. The van der Waals surface area contributed by atoms with Crippen molar-refractivity contribution < 1.29 is 27.4 Å². The van der Waals surface area contributed by atoms with Crippen LogP contribution in [0.25, 0.3) is 0 Å². The summed E-state index contributed by atoms with van der Waals surface area (Å²) in [6, 6.07) is 4.98. The van der Waals surface area contributed by atoms with Crippen molar-refractivity contribution >= 4 is 6.09 Å². The Morgan fingerprint density at radius 2 is 1.59 bits per heavy atom. The molecule has 1 aliphatic heterocycles. The smallest absolute Gasteiger partial charge is 0.416 e. The van der Waals surface area contributed by atoms with Gasteiger partial charge in [0.15, 0.2) is 0 Å². The maximum absolute atomic E-state index is 12.5. The Hall–Kier alpha value is -1.76. The van der Waals surface area contributed by atoms with Gasteiger partial charge in [-0.05, 0) is 51.3 Å².